The van der Waals surface area contributed by atoms with Gasteiger partial charge in [-0.2, -0.15) is 0 Å². The molecule has 2 aromatic carbocycles. The monoisotopic (exact) mass is 394 g/mol. The Labute approximate surface area is 158 Å². The van der Waals surface area contributed by atoms with Gasteiger partial charge < -0.3 is 10.1 Å². The largest absolute Gasteiger partial charge is 0.484 e. The van der Waals surface area contributed by atoms with Crippen LogP contribution in [0.25, 0.3) is 0 Å². The SMILES string of the molecule is CSc1cccc(NC(=O)COc2ccc(S(=O)(=O)NC(C)C)cc2)c1. The molecule has 140 valence electrons. The molecule has 0 unspecified atom stereocenters. The topological polar surface area (TPSA) is 84.5 Å². The van der Waals surface area contributed by atoms with Crippen LogP contribution in [0.15, 0.2) is 58.3 Å². The first-order valence-corrected chi connectivity index (χ1v) is 10.7. The van der Waals surface area contributed by atoms with Crippen LogP contribution in [0, 0.1) is 0 Å². The normalized spacial score (nSPS) is 11.4. The summed E-state index contributed by atoms with van der Waals surface area (Å²) >= 11 is 1.59. The van der Waals surface area contributed by atoms with E-state index >= 15 is 0 Å². The van der Waals surface area contributed by atoms with Gasteiger partial charge in [-0.05, 0) is 62.6 Å². The van der Waals surface area contributed by atoms with Gasteiger partial charge in [-0.1, -0.05) is 6.07 Å². The maximum absolute atomic E-state index is 12.1. The van der Waals surface area contributed by atoms with Crippen molar-refractivity contribution in [3.05, 3.63) is 48.5 Å². The molecule has 0 aliphatic rings. The minimum atomic E-state index is -3.54. The van der Waals surface area contributed by atoms with Gasteiger partial charge in [0.2, 0.25) is 10.0 Å². The molecule has 0 saturated carbocycles. The lowest BCUT2D eigenvalue weighted by molar-refractivity contribution is -0.118. The molecule has 8 heteroatoms. The second-order valence-corrected chi connectivity index (χ2v) is 8.41. The predicted molar refractivity (Wildman–Crippen MR) is 104 cm³/mol. The molecule has 0 aliphatic heterocycles. The van der Waals surface area contributed by atoms with Crippen LogP contribution in [0.3, 0.4) is 0 Å². The number of rotatable bonds is 8. The summed E-state index contributed by atoms with van der Waals surface area (Å²) in [6.45, 7) is 3.34. The van der Waals surface area contributed by atoms with Crippen LogP contribution in [0.5, 0.6) is 5.75 Å². The van der Waals surface area contributed by atoms with Crippen LogP contribution in [0.2, 0.25) is 0 Å². The van der Waals surface area contributed by atoms with Gasteiger partial charge in [-0.3, -0.25) is 4.79 Å². The summed E-state index contributed by atoms with van der Waals surface area (Å²) in [5.74, 6) is 0.128. The highest BCUT2D eigenvalue weighted by Crippen LogP contribution is 2.19. The Hall–Kier alpha value is -2.03. The van der Waals surface area contributed by atoms with Crippen LogP contribution in [0.4, 0.5) is 5.69 Å². The maximum Gasteiger partial charge on any atom is 0.262 e. The zero-order valence-electron chi connectivity index (χ0n) is 14.9. The molecular formula is C18H22N2O4S2. The van der Waals surface area contributed by atoms with Crippen LogP contribution in [-0.4, -0.2) is 33.2 Å². The third-order valence-electron chi connectivity index (χ3n) is 3.25. The molecule has 0 bridgehead atoms. The van der Waals surface area contributed by atoms with E-state index in [-0.39, 0.29) is 23.5 Å². The predicted octanol–water partition coefficient (Wildman–Crippen LogP) is 3.11. The molecule has 0 heterocycles. The number of benzene rings is 2. The summed E-state index contributed by atoms with van der Waals surface area (Å²) < 4.78 is 32.0. The molecule has 0 radical (unpaired) electrons. The first kappa shape index (κ1) is 20.3. The van der Waals surface area contributed by atoms with Crippen molar-refractivity contribution < 1.29 is 17.9 Å². The molecule has 0 aliphatic carbocycles. The third-order valence-corrected chi connectivity index (χ3v) is 5.65. The average molecular weight is 395 g/mol. The van der Waals surface area contributed by atoms with Gasteiger partial charge in [0.25, 0.3) is 5.91 Å². The molecule has 2 rings (SSSR count). The quantitative estimate of drug-likeness (QED) is 0.672. The van der Waals surface area contributed by atoms with E-state index < -0.39 is 10.0 Å². The van der Waals surface area contributed by atoms with Crippen molar-refractivity contribution in [2.45, 2.75) is 29.7 Å². The van der Waals surface area contributed by atoms with E-state index in [0.717, 1.165) is 4.90 Å². The van der Waals surface area contributed by atoms with Crippen molar-refractivity contribution in [1.82, 2.24) is 4.72 Å². The van der Waals surface area contributed by atoms with Crippen molar-refractivity contribution in [2.24, 2.45) is 0 Å². The Kier molecular flexibility index (Phi) is 7.07. The van der Waals surface area contributed by atoms with Crippen LogP contribution in [0.1, 0.15) is 13.8 Å². The van der Waals surface area contributed by atoms with Gasteiger partial charge in [-0.25, -0.2) is 13.1 Å². The Morgan fingerprint density at radius 1 is 1.15 bits per heavy atom. The minimum absolute atomic E-state index is 0.150. The molecule has 0 spiro atoms. The van der Waals surface area contributed by atoms with E-state index in [0.29, 0.717) is 11.4 Å². The fourth-order valence-electron chi connectivity index (χ4n) is 2.14. The molecular weight excluding hydrogens is 372 g/mol. The zero-order chi connectivity index (χ0) is 19.2. The molecule has 26 heavy (non-hydrogen) atoms. The van der Waals surface area contributed by atoms with Gasteiger partial charge in [0, 0.05) is 16.6 Å². The fourth-order valence-corrected chi connectivity index (χ4v) is 3.85. The number of anilines is 1. The van der Waals surface area contributed by atoms with Crippen molar-refractivity contribution >= 4 is 33.4 Å². The van der Waals surface area contributed by atoms with Gasteiger partial charge >= 0.3 is 0 Å². The van der Waals surface area contributed by atoms with Crippen LogP contribution >= 0.6 is 11.8 Å². The smallest absolute Gasteiger partial charge is 0.262 e. The highest BCUT2D eigenvalue weighted by molar-refractivity contribution is 7.98. The van der Waals surface area contributed by atoms with Crippen LogP contribution in [-0.2, 0) is 14.8 Å². The number of hydrogen-bond donors (Lipinski definition) is 2. The number of carbonyl (C=O) groups is 1. The zero-order valence-corrected chi connectivity index (χ0v) is 16.5. The Morgan fingerprint density at radius 3 is 2.46 bits per heavy atom. The van der Waals surface area contributed by atoms with Crippen molar-refractivity contribution in [2.75, 3.05) is 18.2 Å². The van der Waals surface area contributed by atoms with E-state index in [9.17, 15) is 13.2 Å². The number of ether oxygens (including phenoxy) is 1. The summed E-state index contributed by atoms with van der Waals surface area (Å²) in [6, 6.07) is 13.3. The van der Waals surface area contributed by atoms with Crippen LogP contribution < -0.4 is 14.8 Å². The molecule has 0 atom stereocenters. The lowest BCUT2D eigenvalue weighted by Gasteiger charge is -2.11. The molecule has 0 fully saturated rings. The third kappa shape index (κ3) is 6.05. The second-order valence-electron chi connectivity index (χ2n) is 5.82. The Morgan fingerprint density at radius 2 is 1.85 bits per heavy atom. The number of carbonyl (C=O) groups excluding carboxylic acids is 1. The van der Waals surface area contributed by atoms with Gasteiger partial charge in [-0.15, -0.1) is 11.8 Å². The van der Waals surface area contributed by atoms with Gasteiger partial charge in [0.05, 0.1) is 4.90 Å². The van der Waals surface area contributed by atoms with E-state index in [2.05, 4.69) is 10.0 Å². The number of hydrogen-bond acceptors (Lipinski definition) is 5. The molecule has 1 amide bonds. The Bertz CT molecular complexity index is 850. The summed E-state index contributed by atoms with van der Waals surface area (Å²) in [5, 5.41) is 2.76. The fraction of sp³-hybridized carbons (Fsp3) is 0.278. The highest BCUT2D eigenvalue weighted by atomic mass is 32.2. The average Bonchev–Trinajstić information content (AvgIpc) is 2.59. The molecule has 2 N–H and O–H groups in total. The highest BCUT2D eigenvalue weighted by Gasteiger charge is 2.15. The van der Waals surface area contributed by atoms with Crippen molar-refractivity contribution in [1.29, 1.82) is 0 Å². The lowest BCUT2D eigenvalue weighted by Crippen LogP contribution is -2.30. The number of sulfonamides is 1. The standard InChI is InChI=1S/C18H22N2O4S2/c1-13(2)20-26(22,23)17-9-7-15(8-10-17)24-12-18(21)19-14-5-4-6-16(11-14)25-3/h4-11,13,20H,12H2,1-3H3,(H,19,21). The number of thioether (sulfide) groups is 1. The van der Waals surface area contributed by atoms with E-state index in [1.165, 1.54) is 24.3 Å². The second kappa shape index (κ2) is 9.07. The first-order valence-electron chi connectivity index (χ1n) is 7.99. The van der Waals surface area contributed by atoms with E-state index in [4.69, 9.17) is 4.74 Å². The van der Waals surface area contributed by atoms with Crippen molar-refractivity contribution in [3.8, 4) is 5.75 Å². The summed E-state index contributed by atoms with van der Waals surface area (Å²) in [6.07, 6.45) is 1.96. The summed E-state index contributed by atoms with van der Waals surface area (Å²) in [7, 11) is -3.54. The molecule has 0 saturated heterocycles. The van der Waals surface area contributed by atoms with Gasteiger partial charge in [0.15, 0.2) is 6.61 Å². The molecule has 6 nitrogen and oxygen atoms in total. The van der Waals surface area contributed by atoms with E-state index in [1.807, 2.05) is 24.5 Å². The number of amides is 1. The first-order chi connectivity index (χ1) is 12.3. The summed E-state index contributed by atoms with van der Waals surface area (Å²) in [5.41, 5.74) is 0.701. The molecule has 2 aromatic rings. The van der Waals surface area contributed by atoms with Gasteiger partial charge in [0.1, 0.15) is 5.75 Å². The lowest BCUT2D eigenvalue weighted by atomic mass is 10.3. The minimum Gasteiger partial charge on any atom is -0.484 e. The Balaban J connectivity index is 1.92. The van der Waals surface area contributed by atoms with E-state index in [1.54, 1.807) is 31.7 Å². The van der Waals surface area contributed by atoms with Crippen molar-refractivity contribution in [3.63, 3.8) is 0 Å². The molecule has 0 aromatic heterocycles. The number of nitrogens with one attached hydrogen (secondary N) is 2. The summed E-state index contributed by atoms with van der Waals surface area (Å²) in [4.78, 5) is 13.2. The maximum atomic E-state index is 12.1.